The Bertz CT molecular complexity index is 446. The Kier molecular flexibility index (Phi) is 2.28. The Morgan fingerprint density at radius 3 is 2.86 bits per heavy atom. The van der Waals surface area contributed by atoms with Gasteiger partial charge in [0.15, 0.2) is 5.13 Å². The van der Waals surface area contributed by atoms with E-state index in [1.165, 1.54) is 29.8 Å². The van der Waals surface area contributed by atoms with Gasteiger partial charge in [0.25, 0.3) is 0 Å². The van der Waals surface area contributed by atoms with Gasteiger partial charge in [0.1, 0.15) is 11.6 Å². The molecular weight excluding hydrogens is 205 g/mol. The molecule has 2 heterocycles. The molecule has 0 aliphatic heterocycles. The highest BCUT2D eigenvalue weighted by Gasteiger charge is 2.02. The van der Waals surface area contributed by atoms with Crippen LogP contribution in [0.1, 0.15) is 0 Å². The van der Waals surface area contributed by atoms with Gasteiger partial charge in [-0.25, -0.2) is 9.37 Å². The van der Waals surface area contributed by atoms with Gasteiger partial charge >= 0.3 is 0 Å². The predicted octanol–water partition coefficient (Wildman–Crippen LogP) is 2.05. The Labute approximate surface area is 83.2 Å². The summed E-state index contributed by atoms with van der Waals surface area (Å²) < 4.78 is 17.9. The first-order valence-corrected chi connectivity index (χ1v) is 4.55. The number of nitrogens with two attached hydrogens (primary N) is 1. The number of pyridine rings is 1. The maximum Gasteiger partial charge on any atom is 0.202 e. The molecule has 2 rings (SSSR count). The lowest BCUT2D eigenvalue weighted by Gasteiger charge is -1.99. The second kappa shape index (κ2) is 3.59. The topological polar surface area (TPSA) is 61.0 Å². The van der Waals surface area contributed by atoms with Crippen LogP contribution >= 0.6 is 11.3 Å². The van der Waals surface area contributed by atoms with Gasteiger partial charge < -0.3 is 10.5 Å². The van der Waals surface area contributed by atoms with Gasteiger partial charge in [-0.3, -0.25) is 4.98 Å². The van der Waals surface area contributed by atoms with Crippen LogP contribution < -0.4 is 10.5 Å². The molecule has 2 aromatic heterocycles. The molecule has 0 aliphatic carbocycles. The lowest BCUT2D eigenvalue weighted by Crippen LogP contribution is -1.84. The molecule has 0 bridgehead atoms. The van der Waals surface area contributed by atoms with Crippen molar-refractivity contribution in [1.82, 2.24) is 9.97 Å². The Morgan fingerprint density at radius 1 is 1.36 bits per heavy atom. The number of nitrogen functional groups attached to an aromatic ring is 1. The summed E-state index contributed by atoms with van der Waals surface area (Å²) in [6, 6.07) is 1.24. The minimum Gasteiger partial charge on any atom is -0.443 e. The maximum atomic E-state index is 12.7. The fourth-order valence-corrected chi connectivity index (χ4v) is 1.44. The zero-order valence-electron chi connectivity index (χ0n) is 6.98. The monoisotopic (exact) mass is 211 g/mol. The van der Waals surface area contributed by atoms with Crippen molar-refractivity contribution < 1.29 is 9.13 Å². The number of halogens is 1. The second-order valence-corrected chi connectivity index (χ2v) is 3.48. The summed E-state index contributed by atoms with van der Waals surface area (Å²) >= 11 is 1.18. The van der Waals surface area contributed by atoms with E-state index in [1.54, 1.807) is 0 Å². The van der Waals surface area contributed by atoms with Gasteiger partial charge in [-0.2, -0.15) is 0 Å². The number of rotatable bonds is 2. The molecule has 0 fully saturated rings. The van der Waals surface area contributed by atoms with Crippen LogP contribution in [0, 0.1) is 5.82 Å². The highest BCUT2D eigenvalue weighted by molar-refractivity contribution is 7.17. The summed E-state index contributed by atoms with van der Waals surface area (Å²) in [4.78, 5) is 7.43. The standard InChI is InChI=1S/C8H6FN3OS/c9-5-1-6(3-11-2-5)13-7-4-12-8(10)14-7/h1-4H,(H2,10,12). The molecule has 6 heteroatoms. The van der Waals surface area contributed by atoms with Gasteiger partial charge in [-0.05, 0) is 0 Å². The predicted molar refractivity (Wildman–Crippen MR) is 50.8 cm³/mol. The third-order valence-electron chi connectivity index (χ3n) is 1.40. The van der Waals surface area contributed by atoms with Crippen LogP contribution in [0.2, 0.25) is 0 Å². The zero-order valence-corrected chi connectivity index (χ0v) is 7.79. The number of anilines is 1. The van der Waals surface area contributed by atoms with E-state index >= 15 is 0 Å². The minimum atomic E-state index is -0.444. The van der Waals surface area contributed by atoms with Crippen molar-refractivity contribution >= 4 is 16.5 Å². The van der Waals surface area contributed by atoms with E-state index in [0.717, 1.165) is 6.20 Å². The molecule has 14 heavy (non-hydrogen) atoms. The first-order chi connectivity index (χ1) is 6.74. The van der Waals surface area contributed by atoms with E-state index in [9.17, 15) is 4.39 Å². The van der Waals surface area contributed by atoms with E-state index < -0.39 is 5.82 Å². The van der Waals surface area contributed by atoms with Crippen LogP contribution in [-0.2, 0) is 0 Å². The zero-order chi connectivity index (χ0) is 9.97. The van der Waals surface area contributed by atoms with Crippen LogP contribution in [0.15, 0.2) is 24.7 Å². The number of ether oxygens (including phenoxy) is 1. The first kappa shape index (κ1) is 8.89. The fraction of sp³-hybridized carbons (Fsp3) is 0. The van der Waals surface area contributed by atoms with E-state index in [-0.39, 0.29) is 0 Å². The molecule has 0 atom stereocenters. The average molecular weight is 211 g/mol. The average Bonchev–Trinajstić information content (AvgIpc) is 2.51. The van der Waals surface area contributed by atoms with E-state index in [4.69, 9.17) is 10.5 Å². The van der Waals surface area contributed by atoms with Crippen LogP contribution in [-0.4, -0.2) is 9.97 Å². The van der Waals surface area contributed by atoms with E-state index in [1.807, 2.05) is 0 Å². The van der Waals surface area contributed by atoms with Crippen molar-refractivity contribution in [1.29, 1.82) is 0 Å². The second-order valence-electron chi connectivity index (χ2n) is 2.46. The number of nitrogens with zero attached hydrogens (tertiary/aromatic N) is 2. The van der Waals surface area contributed by atoms with E-state index in [0.29, 0.717) is 15.9 Å². The van der Waals surface area contributed by atoms with Gasteiger partial charge in [-0.1, -0.05) is 11.3 Å². The molecule has 0 spiro atoms. The molecule has 0 amide bonds. The molecule has 0 saturated heterocycles. The summed E-state index contributed by atoms with van der Waals surface area (Å²) in [7, 11) is 0. The van der Waals surface area contributed by atoms with E-state index in [2.05, 4.69) is 9.97 Å². The van der Waals surface area contributed by atoms with Crippen LogP contribution in [0.3, 0.4) is 0 Å². The van der Waals surface area contributed by atoms with Crippen molar-refractivity contribution in [3.05, 3.63) is 30.5 Å². The first-order valence-electron chi connectivity index (χ1n) is 3.74. The van der Waals surface area contributed by atoms with Crippen molar-refractivity contribution in [2.45, 2.75) is 0 Å². The molecule has 72 valence electrons. The van der Waals surface area contributed by atoms with Crippen LogP contribution in [0.4, 0.5) is 9.52 Å². The Balaban J connectivity index is 2.18. The maximum absolute atomic E-state index is 12.7. The Morgan fingerprint density at radius 2 is 2.21 bits per heavy atom. The van der Waals surface area contributed by atoms with Crippen LogP contribution in [0.25, 0.3) is 0 Å². The molecular formula is C8H6FN3OS. The smallest absolute Gasteiger partial charge is 0.202 e. The number of hydrogen-bond acceptors (Lipinski definition) is 5. The van der Waals surface area contributed by atoms with Crippen molar-refractivity contribution in [2.24, 2.45) is 0 Å². The molecule has 0 saturated carbocycles. The van der Waals surface area contributed by atoms with Gasteiger partial charge in [0, 0.05) is 6.07 Å². The molecule has 2 N–H and O–H groups in total. The third-order valence-corrected chi connectivity index (χ3v) is 2.11. The minimum absolute atomic E-state index is 0.327. The normalized spacial score (nSPS) is 10.1. The van der Waals surface area contributed by atoms with Crippen molar-refractivity contribution in [3.63, 3.8) is 0 Å². The summed E-state index contributed by atoms with van der Waals surface area (Å²) in [5.74, 6) is -0.117. The van der Waals surface area contributed by atoms with Gasteiger partial charge in [0.2, 0.25) is 5.06 Å². The highest BCUT2D eigenvalue weighted by Crippen LogP contribution is 2.28. The summed E-state index contributed by atoms with van der Waals surface area (Å²) in [6.45, 7) is 0. The lowest BCUT2D eigenvalue weighted by atomic mass is 10.4. The summed E-state index contributed by atoms with van der Waals surface area (Å²) in [5.41, 5.74) is 5.40. The highest BCUT2D eigenvalue weighted by atomic mass is 32.1. The summed E-state index contributed by atoms with van der Waals surface area (Å²) in [5, 5.41) is 0.916. The number of thiazole rings is 1. The SMILES string of the molecule is Nc1ncc(Oc2cncc(F)c2)s1. The molecule has 2 aromatic rings. The molecule has 0 unspecified atom stereocenters. The number of aromatic nitrogens is 2. The van der Waals surface area contributed by atoms with Crippen molar-refractivity contribution in [2.75, 3.05) is 5.73 Å². The lowest BCUT2D eigenvalue weighted by molar-refractivity contribution is 0.484. The fourth-order valence-electron chi connectivity index (χ4n) is 0.884. The number of hydrogen-bond donors (Lipinski definition) is 1. The van der Waals surface area contributed by atoms with Gasteiger partial charge in [-0.15, -0.1) is 0 Å². The van der Waals surface area contributed by atoms with Crippen LogP contribution in [0.5, 0.6) is 10.8 Å². The Hall–Kier alpha value is -1.69. The molecule has 0 aliphatic rings. The summed E-state index contributed by atoms with van der Waals surface area (Å²) in [6.07, 6.45) is 4.00. The van der Waals surface area contributed by atoms with Gasteiger partial charge in [0.05, 0.1) is 18.6 Å². The molecule has 0 radical (unpaired) electrons. The third kappa shape index (κ3) is 1.97. The quantitative estimate of drug-likeness (QED) is 0.825. The molecule has 0 aromatic carbocycles. The largest absolute Gasteiger partial charge is 0.443 e. The molecule has 4 nitrogen and oxygen atoms in total. The van der Waals surface area contributed by atoms with Crippen molar-refractivity contribution in [3.8, 4) is 10.8 Å².